The minimum atomic E-state index is -0.543. The Labute approximate surface area is 153 Å². The van der Waals surface area contributed by atoms with Crippen LogP contribution < -0.4 is 16.4 Å². The van der Waals surface area contributed by atoms with Crippen LogP contribution in [0.25, 0.3) is 0 Å². The molecule has 0 radical (unpaired) electrons. The summed E-state index contributed by atoms with van der Waals surface area (Å²) in [5, 5.41) is 16.3. The molecule has 2 aliphatic carbocycles. The van der Waals surface area contributed by atoms with Crippen molar-refractivity contribution < 1.29 is 14.6 Å². The number of aliphatic hydroxyl groups is 1. The van der Waals surface area contributed by atoms with E-state index in [0.29, 0.717) is 29.9 Å². The third kappa shape index (κ3) is 4.82. The number of ether oxygens (including phenoxy) is 1. The van der Waals surface area contributed by atoms with Crippen LogP contribution in [0.4, 0.5) is 11.8 Å². The van der Waals surface area contributed by atoms with Crippen molar-refractivity contribution in [2.45, 2.75) is 76.2 Å². The fraction of sp³-hybridized carbons (Fsp3) is 0.722. The van der Waals surface area contributed by atoms with Crippen LogP contribution in [0.5, 0.6) is 0 Å². The highest BCUT2D eigenvalue weighted by atomic mass is 16.5. The largest absolute Gasteiger partial charge is 0.393 e. The number of amides is 1. The van der Waals surface area contributed by atoms with Crippen molar-refractivity contribution in [1.29, 1.82) is 0 Å². The second-order valence-corrected chi connectivity index (χ2v) is 7.20. The first-order valence-electron chi connectivity index (χ1n) is 9.54. The molecule has 0 spiro atoms. The van der Waals surface area contributed by atoms with Gasteiger partial charge in [0.25, 0.3) is 5.91 Å². The highest BCUT2D eigenvalue weighted by Gasteiger charge is 2.25. The summed E-state index contributed by atoms with van der Waals surface area (Å²) in [6.45, 7) is 2.76. The molecule has 26 heavy (non-hydrogen) atoms. The number of carbonyl (C=O) groups is 1. The van der Waals surface area contributed by atoms with Crippen LogP contribution in [0.15, 0.2) is 6.20 Å². The molecule has 2 aliphatic rings. The molecule has 1 heterocycles. The van der Waals surface area contributed by atoms with Gasteiger partial charge >= 0.3 is 0 Å². The Kier molecular flexibility index (Phi) is 6.26. The summed E-state index contributed by atoms with van der Waals surface area (Å²) < 4.78 is 5.69. The lowest BCUT2D eigenvalue weighted by atomic mass is 9.93. The lowest BCUT2D eigenvalue weighted by Crippen LogP contribution is -2.31. The van der Waals surface area contributed by atoms with E-state index in [1.165, 1.54) is 6.20 Å². The maximum Gasteiger partial charge on any atom is 0.254 e. The standard InChI is InChI=1S/C18H29N5O3/c1-2-26-14-7-4-11(5-8-14)21-17-15(16(19)25)10-20-18(23-17)22-12-3-6-13(24)9-12/h10-14,24H,2-9H2,1H3,(H2,19,25)(H2,20,21,22,23)/t11-,12-,13-,14-/m1/s1. The number of nitrogens with zero attached hydrogens (tertiary/aromatic N) is 2. The number of rotatable bonds is 7. The summed E-state index contributed by atoms with van der Waals surface area (Å²) in [6.07, 6.45) is 7.79. The molecule has 0 unspecified atom stereocenters. The normalized spacial score (nSPS) is 28.7. The van der Waals surface area contributed by atoms with Gasteiger partial charge in [-0.05, 0) is 51.9 Å². The summed E-state index contributed by atoms with van der Waals surface area (Å²) in [5.41, 5.74) is 5.78. The van der Waals surface area contributed by atoms with Crippen molar-refractivity contribution in [2.24, 2.45) is 5.73 Å². The van der Waals surface area contributed by atoms with Crippen LogP contribution in [-0.4, -0.2) is 51.9 Å². The van der Waals surface area contributed by atoms with E-state index in [4.69, 9.17) is 10.5 Å². The van der Waals surface area contributed by atoms with Gasteiger partial charge in [-0.25, -0.2) is 4.98 Å². The van der Waals surface area contributed by atoms with Gasteiger partial charge in [0, 0.05) is 24.9 Å². The first-order valence-corrected chi connectivity index (χ1v) is 9.54. The van der Waals surface area contributed by atoms with Crippen LogP contribution in [-0.2, 0) is 4.74 Å². The third-order valence-electron chi connectivity index (χ3n) is 5.21. The fourth-order valence-corrected chi connectivity index (χ4v) is 3.82. The molecule has 3 rings (SSSR count). The quantitative estimate of drug-likeness (QED) is 0.581. The van der Waals surface area contributed by atoms with Crippen LogP contribution in [0.2, 0.25) is 0 Å². The molecular weight excluding hydrogens is 334 g/mol. The Hall–Kier alpha value is -1.93. The third-order valence-corrected chi connectivity index (χ3v) is 5.21. The fourth-order valence-electron chi connectivity index (χ4n) is 3.82. The van der Waals surface area contributed by atoms with Crippen molar-refractivity contribution >= 4 is 17.7 Å². The van der Waals surface area contributed by atoms with Gasteiger partial charge in [0.1, 0.15) is 5.82 Å². The first-order chi connectivity index (χ1) is 12.5. The average Bonchev–Trinajstić information content (AvgIpc) is 3.02. The summed E-state index contributed by atoms with van der Waals surface area (Å²) in [7, 11) is 0. The van der Waals surface area contributed by atoms with E-state index in [9.17, 15) is 9.90 Å². The number of aromatic nitrogens is 2. The summed E-state index contributed by atoms with van der Waals surface area (Å²) in [5.74, 6) is 0.395. The minimum absolute atomic E-state index is 0.152. The van der Waals surface area contributed by atoms with Gasteiger partial charge in [0.05, 0.1) is 17.8 Å². The number of hydrogen-bond acceptors (Lipinski definition) is 7. The molecule has 0 aliphatic heterocycles. The van der Waals surface area contributed by atoms with Crippen LogP contribution in [0, 0.1) is 0 Å². The Morgan fingerprint density at radius 3 is 2.58 bits per heavy atom. The number of aliphatic hydroxyl groups excluding tert-OH is 1. The van der Waals surface area contributed by atoms with E-state index in [0.717, 1.165) is 45.1 Å². The highest BCUT2D eigenvalue weighted by Crippen LogP contribution is 2.26. The molecule has 2 saturated carbocycles. The second kappa shape index (κ2) is 8.64. The lowest BCUT2D eigenvalue weighted by molar-refractivity contribution is 0.0346. The van der Waals surface area contributed by atoms with Crippen molar-refractivity contribution in [1.82, 2.24) is 9.97 Å². The van der Waals surface area contributed by atoms with Gasteiger partial charge in [-0.15, -0.1) is 0 Å². The van der Waals surface area contributed by atoms with Gasteiger partial charge in [-0.1, -0.05) is 0 Å². The minimum Gasteiger partial charge on any atom is -0.393 e. The number of carbonyl (C=O) groups excluding carboxylic acids is 1. The Balaban J connectivity index is 1.66. The SMILES string of the molecule is CCO[C@H]1CC[C@H](Nc2nc(N[C@@H]3CC[C@@H](O)C3)ncc2C(N)=O)CC1. The summed E-state index contributed by atoms with van der Waals surface area (Å²) >= 11 is 0. The molecule has 8 nitrogen and oxygen atoms in total. The number of nitrogens with one attached hydrogen (secondary N) is 2. The predicted octanol–water partition coefficient (Wildman–Crippen LogP) is 1.66. The monoisotopic (exact) mass is 363 g/mol. The molecule has 0 saturated heterocycles. The number of hydrogen-bond donors (Lipinski definition) is 4. The Bertz CT molecular complexity index is 619. The first kappa shape index (κ1) is 18.8. The molecule has 1 aromatic rings. The van der Waals surface area contributed by atoms with Gasteiger partial charge in [-0.3, -0.25) is 4.79 Å². The van der Waals surface area contributed by atoms with Crippen LogP contribution in [0.1, 0.15) is 62.2 Å². The molecule has 0 aromatic carbocycles. The van der Waals surface area contributed by atoms with Crippen LogP contribution in [0.3, 0.4) is 0 Å². The van der Waals surface area contributed by atoms with E-state index in [-0.39, 0.29) is 18.2 Å². The van der Waals surface area contributed by atoms with Crippen LogP contribution >= 0.6 is 0 Å². The van der Waals surface area contributed by atoms with Gasteiger partial charge in [0.15, 0.2) is 0 Å². The molecule has 8 heteroatoms. The van der Waals surface area contributed by atoms with E-state index in [1.54, 1.807) is 0 Å². The molecule has 2 fully saturated rings. The number of anilines is 2. The van der Waals surface area contributed by atoms with Gasteiger partial charge in [-0.2, -0.15) is 4.98 Å². The molecule has 5 N–H and O–H groups in total. The van der Waals surface area contributed by atoms with Gasteiger partial charge < -0.3 is 26.2 Å². The van der Waals surface area contributed by atoms with Gasteiger partial charge in [0.2, 0.25) is 5.95 Å². The smallest absolute Gasteiger partial charge is 0.254 e. The zero-order valence-electron chi connectivity index (χ0n) is 15.3. The van der Waals surface area contributed by atoms with E-state index < -0.39 is 5.91 Å². The van der Waals surface area contributed by atoms with E-state index >= 15 is 0 Å². The van der Waals surface area contributed by atoms with E-state index in [2.05, 4.69) is 20.6 Å². The van der Waals surface area contributed by atoms with Crippen molar-refractivity contribution in [3.05, 3.63) is 11.8 Å². The van der Waals surface area contributed by atoms with Crippen molar-refractivity contribution in [3.63, 3.8) is 0 Å². The average molecular weight is 363 g/mol. The zero-order valence-corrected chi connectivity index (χ0v) is 15.3. The van der Waals surface area contributed by atoms with Crippen molar-refractivity contribution in [3.8, 4) is 0 Å². The van der Waals surface area contributed by atoms with Crippen molar-refractivity contribution in [2.75, 3.05) is 17.2 Å². The molecule has 1 aromatic heterocycles. The maximum atomic E-state index is 11.7. The molecule has 1 amide bonds. The summed E-state index contributed by atoms with van der Waals surface area (Å²) in [6, 6.07) is 0.389. The Morgan fingerprint density at radius 2 is 1.96 bits per heavy atom. The molecular formula is C18H29N5O3. The second-order valence-electron chi connectivity index (χ2n) is 7.20. The highest BCUT2D eigenvalue weighted by molar-refractivity contribution is 5.97. The summed E-state index contributed by atoms with van der Waals surface area (Å²) in [4.78, 5) is 20.4. The van der Waals surface area contributed by atoms with E-state index in [1.807, 2.05) is 6.92 Å². The number of primary amides is 1. The maximum absolute atomic E-state index is 11.7. The lowest BCUT2D eigenvalue weighted by Gasteiger charge is -2.29. The topological polar surface area (TPSA) is 122 Å². The molecule has 2 atom stereocenters. The predicted molar refractivity (Wildman–Crippen MR) is 99.1 cm³/mol. The number of nitrogens with two attached hydrogens (primary N) is 1. The molecule has 144 valence electrons. The molecule has 0 bridgehead atoms. The Morgan fingerprint density at radius 1 is 1.23 bits per heavy atom. The zero-order chi connectivity index (χ0) is 18.5.